The van der Waals surface area contributed by atoms with E-state index in [2.05, 4.69) is 24.3 Å². The first-order valence-corrected chi connectivity index (χ1v) is 12.4. The van der Waals surface area contributed by atoms with Crippen LogP contribution < -0.4 is 4.74 Å². The van der Waals surface area contributed by atoms with Crippen LogP contribution in [0.2, 0.25) is 0 Å². The fourth-order valence-electron chi connectivity index (χ4n) is 5.65. The molecule has 184 valence electrons. The third-order valence-corrected chi connectivity index (χ3v) is 7.41. The zero-order valence-corrected chi connectivity index (χ0v) is 20.6. The van der Waals surface area contributed by atoms with Gasteiger partial charge in [0, 0.05) is 0 Å². The summed E-state index contributed by atoms with van der Waals surface area (Å²) >= 11 is 0. The second kappa shape index (κ2) is 9.25. The first-order chi connectivity index (χ1) is 18.0. The second-order valence-electron chi connectivity index (χ2n) is 9.55. The van der Waals surface area contributed by atoms with Crippen LogP contribution in [0.4, 0.5) is 0 Å². The largest absolute Gasteiger partial charge is 0.497 e. The Hall–Kier alpha value is -4.38. The molecule has 4 aromatic rings. The number of carbonyl (C=O) groups excluding carboxylic acids is 2. The fraction of sp³-hybridized carbons (Fsp3) is 0.188. The molecule has 0 aliphatic heterocycles. The van der Waals surface area contributed by atoms with Crippen molar-refractivity contribution in [3.8, 4) is 5.75 Å². The minimum absolute atomic E-state index is 0.250. The Labute approximate surface area is 215 Å². The Bertz CT molecular complexity index is 1420. The van der Waals surface area contributed by atoms with Gasteiger partial charge in [-0.05, 0) is 65.6 Å². The third-order valence-electron chi connectivity index (χ3n) is 7.41. The molecule has 0 aromatic heterocycles. The molecular formula is C32H26O5. The van der Waals surface area contributed by atoms with Gasteiger partial charge in [-0.1, -0.05) is 66.2 Å². The maximum atomic E-state index is 13.3. The molecule has 7 rings (SSSR count). The third kappa shape index (κ3) is 3.97. The molecule has 3 aliphatic carbocycles. The average molecular weight is 491 g/mol. The Morgan fingerprint density at radius 3 is 1.32 bits per heavy atom. The first kappa shape index (κ1) is 23.0. The van der Waals surface area contributed by atoms with Gasteiger partial charge in [0.05, 0.1) is 30.1 Å². The van der Waals surface area contributed by atoms with E-state index in [1.165, 1.54) is 0 Å². The van der Waals surface area contributed by atoms with Crippen molar-refractivity contribution >= 4 is 11.9 Å². The van der Waals surface area contributed by atoms with Crippen molar-refractivity contribution in [1.82, 2.24) is 0 Å². The maximum Gasteiger partial charge on any atom is 0.338 e. The van der Waals surface area contributed by atoms with Gasteiger partial charge >= 0.3 is 11.9 Å². The molecule has 3 aliphatic rings. The molecule has 0 radical (unpaired) electrons. The molecule has 2 unspecified atom stereocenters. The van der Waals surface area contributed by atoms with E-state index in [0.717, 1.165) is 27.8 Å². The normalized spacial score (nSPS) is 20.9. The van der Waals surface area contributed by atoms with Crippen molar-refractivity contribution in [2.75, 3.05) is 7.11 Å². The van der Waals surface area contributed by atoms with Crippen molar-refractivity contribution in [1.29, 1.82) is 0 Å². The van der Waals surface area contributed by atoms with Crippen LogP contribution in [0.25, 0.3) is 0 Å². The molecule has 0 amide bonds. The Kier molecular flexibility index (Phi) is 5.76. The van der Waals surface area contributed by atoms with E-state index in [0.29, 0.717) is 16.9 Å². The van der Waals surface area contributed by atoms with E-state index in [1.54, 1.807) is 43.5 Å². The average Bonchev–Trinajstić information content (AvgIpc) is 2.94. The quantitative estimate of drug-likeness (QED) is 0.319. The number of benzene rings is 4. The van der Waals surface area contributed by atoms with Gasteiger partial charge in [0.25, 0.3) is 0 Å². The number of ether oxygens (including phenoxy) is 3. The molecule has 5 heteroatoms. The smallest absolute Gasteiger partial charge is 0.338 e. The second-order valence-corrected chi connectivity index (χ2v) is 9.55. The predicted molar refractivity (Wildman–Crippen MR) is 139 cm³/mol. The summed E-state index contributed by atoms with van der Waals surface area (Å²) in [6.07, 6.45) is -1.36. The van der Waals surface area contributed by atoms with Crippen LogP contribution in [-0.4, -0.2) is 31.3 Å². The van der Waals surface area contributed by atoms with Gasteiger partial charge in [-0.3, -0.25) is 0 Å². The zero-order chi connectivity index (χ0) is 25.5. The lowest BCUT2D eigenvalue weighted by molar-refractivity contribution is -0.0557. The van der Waals surface area contributed by atoms with Crippen molar-refractivity contribution < 1.29 is 23.8 Å². The number of methoxy groups -OCH3 is 1. The number of hydrogen-bond donors (Lipinski definition) is 0. The number of esters is 2. The van der Waals surface area contributed by atoms with E-state index >= 15 is 0 Å². The molecular weight excluding hydrogens is 464 g/mol. The molecule has 0 saturated carbocycles. The number of hydrogen-bond acceptors (Lipinski definition) is 5. The highest BCUT2D eigenvalue weighted by Crippen LogP contribution is 2.54. The summed E-state index contributed by atoms with van der Waals surface area (Å²) < 4.78 is 17.6. The highest BCUT2D eigenvalue weighted by atomic mass is 16.6. The lowest BCUT2D eigenvalue weighted by Crippen LogP contribution is -2.51. The number of rotatable bonds is 5. The Balaban J connectivity index is 1.42. The standard InChI is InChI=1S/C32H26O5/c1-19-11-13-20(14-12-19)31(33)36-29-27-23-7-3-5-9-25(23)28(26-10-6-4-8-24(26)27)30(29)37-32(34)21-15-17-22(35-2)18-16-21/h3-18,27-30H,1-2H3. The van der Waals surface area contributed by atoms with Crippen LogP contribution in [0.5, 0.6) is 5.75 Å². The first-order valence-electron chi connectivity index (χ1n) is 12.4. The summed E-state index contributed by atoms with van der Waals surface area (Å²) in [5, 5.41) is 0. The molecule has 0 saturated heterocycles. The minimum atomic E-state index is -0.682. The Morgan fingerprint density at radius 1 is 0.568 bits per heavy atom. The SMILES string of the molecule is COc1ccc(C(=O)OC2C3c4ccccc4C(c4ccccc43)C2OC(=O)c2ccc(C)cc2)cc1. The van der Waals surface area contributed by atoms with Gasteiger partial charge in [0.15, 0.2) is 12.2 Å². The summed E-state index contributed by atoms with van der Waals surface area (Å²) in [6, 6.07) is 30.4. The van der Waals surface area contributed by atoms with E-state index in [-0.39, 0.29) is 11.8 Å². The monoisotopic (exact) mass is 490 g/mol. The molecule has 0 heterocycles. The highest BCUT2D eigenvalue weighted by Gasteiger charge is 2.53. The van der Waals surface area contributed by atoms with E-state index in [1.807, 2.05) is 43.3 Å². The lowest BCUT2D eigenvalue weighted by Gasteiger charge is -2.49. The van der Waals surface area contributed by atoms with Crippen LogP contribution >= 0.6 is 0 Å². The van der Waals surface area contributed by atoms with Crippen LogP contribution in [-0.2, 0) is 9.47 Å². The molecule has 4 aromatic carbocycles. The molecule has 0 fully saturated rings. The van der Waals surface area contributed by atoms with Gasteiger partial charge in [0.1, 0.15) is 5.75 Å². The topological polar surface area (TPSA) is 61.8 Å². The molecule has 37 heavy (non-hydrogen) atoms. The molecule has 0 spiro atoms. The molecule has 0 N–H and O–H groups in total. The number of fused-ring (bicyclic) bond motifs is 1. The van der Waals surface area contributed by atoms with E-state index in [9.17, 15) is 9.59 Å². The van der Waals surface area contributed by atoms with Crippen molar-refractivity contribution in [3.05, 3.63) is 136 Å². The highest BCUT2D eigenvalue weighted by molar-refractivity contribution is 5.91. The number of carbonyl (C=O) groups is 2. The van der Waals surface area contributed by atoms with Gasteiger partial charge in [-0.2, -0.15) is 0 Å². The van der Waals surface area contributed by atoms with Gasteiger partial charge < -0.3 is 14.2 Å². The molecule has 2 atom stereocenters. The van der Waals surface area contributed by atoms with Crippen LogP contribution in [0, 0.1) is 6.92 Å². The summed E-state index contributed by atoms with van der Waals surface area (Å²) in [6.45, 7) is 1.97. The van der Waals surface area contributed by atoms with Crippen LogP contribution in [0.3, 0.4) is 0 Å². The summed E-state index contributed by atoms with van der Waals surface area (Å²) in [5.74, 6) is -0.749. The molecule has 2 bridgehead atoms. The van der Waals surface area contributed by atoms with Gasteiger partial charge in [-0.15, -0.1) is 0 Å². The maximum absolute atomic E-state index is 13.3. The van der Waals surface area contributed by atoms with E-state index < -0.39 is 24.1 Å². The summed E-state index contributed by atoms with van der Waals surface area (Å²) in [4.78, 5) is 26.7. The fourth-order valence-corrected chi connectivity index (χ4v) is 5.65. The van der Waals surface area contributed by atoms with Crippen molar-refractivity contribution in [3.63, 3.8) is 0 Å². The predicted octanol–water partition coefficient (Wildman–Crippen LogP) is 6.05. The minimum Gasteiger partial charge on any atom is -0.497 e. The molecule has 5 nitrogen and oxygen atoms in total. The van der Waals surface area contributed by atoms with Crippen LogP contribution in [0.1, 0.15) is 60.4 Å². The van der Waals surface area contributed by atoms with Crippen molar-refractivity contribution in [2.45, 2.75) is 31.0 Å². The van der Waals surface area contributed by atoms with E-state index in [4.69, 9.17) is 14.2 Å². The lowest BCUT2D eigenvalue weighted by atomic mass is 9.61. The van der Waals surface area contributed by atoms with Gasteiger partial charge in [0.2, 0.25) is 0 Å². The zero-order valence-electron chi connectivity index (χ0n) is 20.6. The summed E-state index contributed by atoms with van der Waals surface area (Å²) in [7, 11) is 1.58. The van der Waals surface area contributed by atoms with Crippen LogP contribution in [0.15, 0.2) is 97.1 Å². The Morgan fingerprint density at radius 2 is 0.946 bits per heavy atom. The van der Waals surface area contributed by atoms with Crippen molar-refractivity contribution in [2.24, 2.45) is 0 Å². The summed E-state index contributed by atoms with van der Waals surface area (Å²) in [5.41, 5.74) is 6.33. The number of aryl methyl sites for hydroxylation is 1. The van der Waals surface area contributed by atoms with Gasteiger partial charge in [-0.25, -0.2) is 9.59 Å².